The van der Waals surface area contributed by atoms with Crippen molar-refractivity contribution >= 4 is 23.5 Å². The number of carboxylic acids is 1. The number of fused-ring (bicyclic) bond motifs is 1. The normalized spacial score (nSPS) is 16.2. The minimum atomic E-state index is -1.18. The fourth-order valence-corrected chi connectivity index (χ4v) is 4.52. The second kappa shape index (κ2) is 10.1. The summed E-state index contributed by atoms with van der Waals surface area (Å²) in [6, 6.07) is 13.3. The third-order valence-corrected chi connectivity index (χ3v) is 6.28. The predicted octanol–water partition coefficient (Wildman–Crippen LogP) is 5.29. The highest BCUT2D eigenvalue weighted by molar-refractivity contribution is 6.30. The van der Waals surface area contributed by atoms with E-state index in [2.05, 4.69) is 0 Å². The number of carbonyl (C=O) groups is 2. The van der Waals surface area contributed by atoms with E-state index in [1.54, 1.807) is 12.1 Å². The quantitative estimate of drug-likeness (QED) is 0.441. The smallest absolute Gasteiger partial charge is 0.323 e. The van der Waals surface area contributed by atoms with Crippen LogP contribution in [0, 0.1) is 11.6 Å². The monoisotopic (exact) mass is 515 g/mol. The Hall–Kier alpha value is -3.65. The lowest BCUT2D eigenvalue weighted by molar-refractivity contribution is -0.137. The van der Waals surface area contributed by atoms with Crippen molar-refractivity contribution in [2.24, 2.45) is 0 Å². The molecule has 1 aliphatic rings. The number of rotatable bonds is 8. The van der Waals surface area contributed by atoms with Crippen LogP contribution in [-0.2, 0) is 24.2 Å². The lowest BCUT2D eigenvalue weighted by Gasteiger charge is -2.24. The molecule has 1 heterocycles. The van der Waals surface area contributed by atoms with E-state index >= 15 is 0 Å². The van der Waals surface area contributed by atoms with Gasteiger partial charge in [0, 0.05) is 30.5 Å². The molecule has 0 aromatic heterocycles. The van der Waals surface area contributed by atoms with Crippen molar-refractivity contribution in [3.63, 3.8) is 0 Å². The Morgan fingerprint density at radius 3 is 2.44 bits per heavy atom. The van der Waals surface area contributed by atoms with Crippen LogP contribution in [0.1, 0.15) is 34.0 Å². The maximum Gasteiger partial charge on any atom is 0.323 e. The molecule has 36 heavy (non-hydrogen) atoms. The zero-order valence-corrected chi connectivity index (χ0v) is 20.4. The molecule has 0 saturated heterocycles. The van der Waals surface area contributed by atoms with E-state index in [1.807, 2.05) is 6.92 Å². The highest BCUT2D eigenvalue weighted by Crippen LogP contribution is 2.44. The number of aliphatic carboxylic acids is 1. The Bertz CT molecular complexity index is 1310. The number of hydrogen-bond acceptors (Lipinski definition) is 4. The first-order valence-electron chi connectivity index (χ1n) is 11.2. The standard InChI is InChI=1S/C27H24ClF2NO5/c1-27(12-17-5-8-21(28)22(30)9-17)13-19-10-18(11-23(35-2)25(19)36-27)26(34)31(15-24(32)33)14-16-3-6-20(29)7-4-16/h3-11H,12-15H2,1-2H3,(H,32,33). The molecule has 3 aromatic carbocycles. The fraction of sp³-hybridized carbons (Fsp3) is 0.259. The van der Waals surface area contributed by atoms with Gasteiger partial charge in [-0.2, -0.15) is 0 Å². The Morgan fingerprint density at radius 2 is 1.81 bits per heavy atom. The number of nitrogens with zero attached hydrogens (tertiary/aromatic N) is 1. The Balaban J connectivity index is 1.61. The van der Waals surface area contributed by atoms with Crippen molar-refractivity contribution in [1.29, 1.82) is 0 Å². The first-order chi connectivity index (χ1) is 17.1. The predicted molar refractivity (Wildman–Crippen MR) is 130 cm³/mol. The Morgan fingerprint density at radius 1 is 1.11 bits per heavy atom. The van der Waals surface area contributed by atoms with Crippen molar-refractivity contribution in [2.75, 3.05) is 13.7 Å². The molecule has 1 N–H and O–H groups in total. The SMILES string of the molecule is COc1cc(C(=O)N(CC(=O)O)Cc2ccc(F)cc2)cc2c1OC(C)(Cc1ccc(Cl)c(F)c1)C2. The maximum absolute atomic E-state index is 13.9. The highest BCUT2D eigenvalue weighted by Gasteiger charge is 2.38. The van der Waals surface area contributed by atoms with Crippen LogP contribution in [0.2, 0.25) is 5.02 Å². The topological polar surface area (TPSA) is 76.1 Å². The number of halogens is 3. The highest BCUT2D eigenvalue weighted by atomic mass is 35.5. The molecule has 1 atom stereocenters. The van der Waals surface area contributed by atoms with E-state index in [1.165, 1.54) is 54.5 Å². The van der Waals surface area contributed by atoms with Crippen LogP contribution in [-0.4, -0.2) is 41.1 Å². The minimum Gasteiger partial charge on any atom is -0.493 e. The zero-order valence-electron chi connectivity index (χ0n) is 19.7. The largest absolute Gasteiger partial charge is 0.493 e. The van der Waals surface area contributed by atoms with E-state index in [9.17, 15) is 23.5 Å². The lowest BCUT2D eigenvalue weighted by Crippen LogP contribution is -2.35. The van der Waals surface area contributed by atoms with Gasteiger partial charge in [0.15, 0.2) is 11.5 Å². The summed E-state index contributed by atoms with van der Waals surface area (Å²) >= 11 is 5.79. The number of methoxy groups -OCH3 is 1. The van der Waals surface area contributed by atoms with Crippen LogP contribution in [0.25, 0.3) is 0 Å². The van der Waals surface area contributed by atoms with Gasteiger partial charge in [-0.05, 0) is 54.4 Å². The molecule has 1 unspecified atom stereocenters. The molecular formula is C27H24ClF2NO5. The molecule has 3 aromatic rings. The summed E-state index contributed by atoms with van der Waals surface area (Å²) in [6.07, 6.45) is 0.804. The number of carbonyl (C=O) groups excluding carboxylic acids is 1. The van der Waals surface area contributed by atoms with Gasteiger partial charge in [0.25, 0.3) is 5.91 Å². The molecule has 4 rings (SSSR count). The molecule has 6 nitrogen and oxygen atoms in total. The fourth-order valence-electron chi connectivity index (χ4n) is 4.40. The molecule has 1 aliphatic heterocycles. The Labute approximate surface area is 212 Å². The van der Waals surface area contributed by atoms with Crippen LogP contribution >= 0.6 is 11.6 Å². The molecule has 0 aliphatic carbocycles. The van der Waals surface area contributed by atoms with E-state index < -0.39 is 35.7 Å². The summed E-state index contributed by atoms with van der Waals surface area (Å²) in [7, 11) is 1.45. The maximum atomic E-state index is 13.9. The van der Waals surface area contributed by atoms with Crippen LogP contribution in [0.4, 0.5) is 8.78 Å². The van der Waals surface area contributed by atoms with E-state index in [0.717, 1.165) is 0 Å². The summed E-state index contributed by atoms with van der Waals surface area (Å²) in [6.45, 7) is 1.33. The van der Waals surface area contributed by atoms with Gasteiger partial charge in [-0.15, -0.1) is 0 Å². The average molecular weight is 516 g/mol. The van der Waals surface area contributed by atoms with Gasteiger partial charge in [-0.1, -0.05) is 29.8 Å². The van der Waals surface area contributed by atoms with Gasteiger partial charge >= 0.3 is 5.97 Å². The summed E-state index contributed by atoms with van der Waals surface area (Å²) in [4.78, 5) is 26.0. The number of carboxylic acid groups (broad SMARTS) is 1. The lowest BCUT2D eigenvalue weighted by atomic mass is 9.91. The van der Waals surface area contributed by atoms with Gasteiger partial charge in [-0.3, -0.25) is 9.59 Å². The van der Waals surface area contributed by atoms with Crippen molar-refractivity contribution in [2.45, 2.75) is 31.9 Å². The molecule has 188 valence electrons. The number of benzene rings is 3. The summed E-state index contributed by atoms with van der Waals surface area (Å²) in [5.41, 5.74) is 1.51. The summed E-state index contributed by atoms with van der Waals surface area (Å²) in [5.74, 6) is -1.82. The van der Waals surface area contributed by atoms with Crippen molar-refractivity contribution in [1.82, 2.24) is 4.90 Å². The minimum absolute atomic E-state index is 0.0127. The second-order valence-electron chi connectivity index (χ2n) is 9.00. The van der Waals surface area contributed by atoms with Gasteiger partial charge < -0.3 is 19.5 Å². The van der Waals surface area contributed by atoms with E-state index in [-0.39, 0.29) is 17.1 Å². The number of ether oxygens (including phenoxy) is 2. The van der Waals surface area contributed by atoms with Crippen LogP contribution in [0.15, 0.2) is 54.6 Å². The third kappa shape index (κ3) is 5.60. The summed E-state index contributed by atoms with van der Waals surface area (Å²) in [5, 5.41) is 9.41. The van der Waals surface area contributed by atoms with Gasteiger partial charge in [0.1, 0.15) is 23.8 Å². The summed E-state index contributed by atoms with van der Waals surface area (Å²) < 4.78 is 38.9. The first kappa shape index (κ1) is 25.4. The molecular weight excluding hydrogens is 492 g/mol. The number of amides is 1. The van der Waals surface area contributed by atoms with Crippen molar-refractivity contribution < 1.29 is 33.0 Å². The molecule has 9 heteroatoms. The van der Waals surface area contributed by atoms with Crippen LogP contribution in [0.3, 0.4) is 0 Å². The van der Waals surface area contributed by atoms with Gasteiger partial charge in [-0.25, -0.2) is 8.78 Å². The first-order valence-corrected chi connectivity index (χ1v) is 11.5. The molecule has 0 saturated carbocycles. The zero-order chi connectivity index (χ0) is 26.0. The molecule has 0 radical (unpaired) electrons. The third-order valence-electron chi connectivity index (χ3n) is 5.97. The van der Waals surface area contributed by atoms with Gasteiger partial charge in [0.2, 0.25) is 0 Å². The van der Waals surface area contributed by atoms with E-state index in [4.69, 9.17) is 21.1 Å². The Kier molecular flexibility index (Phi) is 7.17. The molecule has 0 spiro atoms. The molecule has 0 bridgehead atoms. The van der Waals surface area contributed by atoms with Crippen LogP contribution in [0.5, 0.6) is 11.5 Å². The molecule has 0 fully saturated rings. The average Bonchev–Trinajstić information content (AvgIpc) is 3.16. The van der Waals surface area contributed by atoms with Crippen molar-refractivity contribution in [3.8, 4) is 11.5 Å². The van der Waals surface area contributed by atoms with Crippen molar-refractivity contribution in [3.05, 3.63) is 93.5 Å². The number of hydrogen-bond donors (Lipinski definition) is 1. The van der Waals surface area contributed by atoms with Gasteiger partial charge in [0.05, 0.1) is 12.1 Å². The second-order valence-corrected chi connectivity index (χ2v) is 9.41. The molecule has 1 amide bonds. The van der Waals surface area contributed by atoms with E-state index in [0.29, 0.717) is 41.0 Å². The van der Waals surface area contributed by atoms with Crippen LogP contribution < -0.4 is 9.47 Å².